The number of carbonyl (C=O) groups excluding carboxylic acids is 1. The number of amides is 1. The summed E-state index contributed by atoms with van der Waals surface area (Å²) in [6.07, 6.45) is 3.43. The van der Waals surface area contributed by atoms with Crippen LogP contribution in [0.2, 0.25) is 0 Å². The number of benzene rings is 1. The summed E-state index contributed by atoms with van der Waals surface area (Å²) < 4.78 is 0.963. The van der Waals surface area contributed by atoms with Crippen LogP contribution in [-0.2, 0) is 0 Å². The van der Waals surface area contributed by atoms with Crippen molar-refractivity contribution in [3.8, 4) is 0 Å². The van der Waals surface area contributed by atoms with E-state index >= 15 is 0 Å². The van der Waals surface area contributed by atoms with Crippen molar-refractivity contribution in [1.82, 2.24) is 20.4 Å². The molecule has 2 aromatic rings. The third kappa shape index (κ3) is 2.34. The van der Waals surface area contributed by atoms with Gasteiger partial charge in [0.2, 0.25) is 0 Å². The fourth-order valence-electron chi connectivity index (χ4n) is 3.71. The number of H-pyrrole nitrogens is 1. The van der Waals surface area contributed by atoms with Crippen molar-refractivity contribution >= 4 is 32.7 Å². The van der Waals surface area contributed by atoms with Crippen molar-refractivity contribution in [3.05, 3.63) is 28.4 Å². The Bertz CT molecular complexity index is 710. The van der Waals surface area contributed by atoms with E-state index in [1.165, 1.54) is 6.42 Å². The van der Waals surface area contributed by atoms with Gasteiger partial charge in [-0.05, 0) is 49.4 Å². The second kappa shape index (κ2) is 5.35. The smallest absolute Gasteiger partial charge is 0.274 e. The number of nitrogens with one attached hydrogen (secondary N) is 2. The Morgan fingerprint density at radius 2 is 2.09 bits per heavy atom. The van der Waals surface area contributed by atoms with Crippen molar-refractivity contribution < 1.29 is 4.79 Å². The first-order valence-electron chi connectivity index (χ1n) is 7.81. The first-order chi connectivity index (χ1) is 10.7. The standard InChI is InChI=1S/C16H19BrN4O/c17-11-1-2-13-12(9-11)14(20-19-13)15(22)21-7-4-16(5-8-21)3-6-18-10-16/h1-2,9,18H,3-8,10H2,(H,19,20). The van der Waals surface area contributed by atoms with Crippen LogP contribution in [0, 0.1) is 5.41 Å². The predicted molar refractivity (Wildman–Crippen MR) is 88.9 cm³/mol. The second-order valence-electron chi connectivity index (χ2n) is 6.48. The van der Waals surface area contributed by atoms with Crippen LogP contribution >= 0.6 is 15.9 Å². The van der Waals surface area contributed by atoms with E-state index in [0.29, 0.717) is 11.1 Å². The minimum atomic E-state index is 0.0464. The van der Waals surface area contributed by atoms with Crippen LogP contribution < -0.4 is 5.32 Å². The molecule has 6 heteroatoms. The third-order valence-corrected chi connectivity index (χ3v) is 5.66. The summed E-state index contributed by atoms with van der Waals surface area (Å²) in [5.41, 5.74) is 1.87. The molecule has 0 radical (unpaired) electrons. The number of aromatic amines is 1. The fraction of sp³-hybridized carbons (Fsp3) is 0.500. The van der Waals surface area contributed by atoms with Gasteiger partial charge in [-0.25, -0.2) is 0 Å². The number of carbonyl (C=O) groups is 1. The maximum Gasteiger partial charge on any atom is 0.274 e. The van der Waals surface area contributed by atoms with Crippen molar-refractivity contribution in [2.45, 2.75) is 19.3 Å². The fourth-order valence-corrected chi connectivity index (χ4v) is 4.07. The van der Waals surface area contributed by atoms with E-state index in [-0.39, 0.29) is 5.91 Å². The minimum absolute atomic E-state index is 0.0464. The average molecular weight is 363 g/mol. The number of piperidine rings is 1. The molecule has 0 unspecified atom stereocenters. The summed E-state index contributed by atoms with van der Waals surface area (Å²) in [6, 6.07) is 5.85. The molecule has 116 valence electrons. The zero-order valence-electron chi connectivity index (χ0n) is 12.4. The van der Waals surface area contributed by atoms with Gasteiger partial charge >= 0.3 is 0 Å². The van der Waals surface area contributed by atoms with E-state index in [2.05, 4.69) is 31.4 Å². The quantitative estimate of drug-likeness (QED) is 0.819. The molecule has 0 bridgehead atoms. The number of likely N-dealkylation sites (tertiary alicyclic amines) is 1. The van der Waals surface area contributed by atoms with Crippen LogP contribution in [0.5, 0.6) is 0 Å². The number of rotatable bonds is 1. The van der Waals surface area contributed by atoms with Gasteiger partial charge < -0.3 is 10.2 Å². The Hall–Kier alpha value is -1.40. The van der Waals surface area contributed by atoms with E-state index in [0.717, 1.165) is 54.4 Å². The summed E-state index contributed by atoms with van der Waals surface area (Å²) in [4.78, 5) is 14.8. The summed E-state index contributed by atoms with van der Waals surface area (Å²) >= 11 is 3.46. The highest BCUT2D eigenvalue weighted by Gasteiger charge is 2.38. The topological polar surface area (TPSA) is 61.0 Å². The highest BCUT2D eigenvalue weighted by molar-refractivity contribution is 9.10. The second-order valence-corrected chi connectivity index (χ2v) is 7.40. The lowest BCUT2D eigenvalue weighted by molar-refractivity contribution is 0.0604. The summed E-state index contributed by atoms with van der Waals surface area (Å²) in [5.74, 6) is 0.0464. The van der Waals surface area contributed by atoms with E-state index in [4.69, 9.17) is 0 Å². The molecular formula is C16H19BrN4O. The van der Waals surface area contributed by atoms with E-state index in [1.54, 1.807) is 0 Å². The van der Waals surface area contributed by atoms with Crippen molar-refractivity contribution in [3.63, 3.8) is 0 Å². The zero-order chi connectivity index (χ0) is 15.2. The van der Waals surface area contributed by atoms with Gasteiger partial charge in [0, 0.05) is 29.5 Å². The number of halogens is 1. The van der Waals surface area contributed by atoms with Gasteiger partial charge in [-0.3, -0.25) is 9.89 Å². The molecule has 1 amide bonds. The molecule has 3 heterocycles. The van der Waals surface area contributed by atoms with Crippen LogP contribution in [0.25, 0.3) is 10.9 Å². The highest BCUT2D eigenvalue weighted by Crippen LogP contribution is 2.37. The Labute approximate surface area is 137 Å². The number of fused-ring (bicyclic) bond motifs is 1. The normalized spacial score (nSPS) is 20.9. The number of nitrogens with zero attached hydrogens (tertiary/aromatic N) is 2. The van der Waals surface area contributed by atoms with Gasteiger partial charge in [-0.1, -0.05) is 15.9 Å². The SMILES string of the molecule is O=C(c1n[nH]c2ccc(Br)cc12)N1CCC2(CCNC2)CC1. The predicted octanol–water partition coefficient (Wildman–Crippen LogP) is 2.54. The minimum Gasteiger partial charge on any atom is -0.337 e. The number of aromatic nitrogens is 2. The summed E-state index contributed by atoms with van der Waals surface area (Å²) in [5, 5.41) is 11.6. The van der Waals surface area contributed by atoms with Gasteiger partial charge in [0.05, 0.1) is 5.52 Å². The van der Waals surface area contributed by atoms with Crippen LogP contribution in [0.4, 0.5) is 0 Å². The molecule has 0 saturated carbocycles. The molecule has 1 spiro atoms. The maximum atomic E-state index is 12.8. The first-order valence-corrected chi connectivity index (χ1v) is 8.60. The monoisotopic (exact) mass is 362 g/mol. The molecular weight excluding hydrogens is 344 g/mol. The Balaban J connectivity index is 1.55. The molecule has 2 aliphatic heterocycles. The lowest BCUT2D eigenvalue weighted by atomic mass is 9.78. The molecule has 22 heavy (non-hydrogen) atoms. The first kappa shape index (κ1) is 14.2. The molecule has 1 aromatic carbocycles. The Morgan fingerprint density at radius 3 is 2.82 bits per heavy atom. The van der Waals surface area contributed by atoms with Gasteiger partial charge in [0.15, 0.2) is 5.69 Å². The van der Waals surface area contributed by atoms with Gasteiger partial charge in [0.1, 0.15) is 0 Å². The van der Waals surface area contributed by atoms with Gasteiger partial charge in [-0.15, -0.1) is 0 Å². The molecule has 0 aliphatic carbocycles. The average Bonchev–Trinajstić information content (AvgIpc) is 3.14. The molecule has 0 atom stereocenters. The highest BCUT2D eigenvalue weighted by atomic mass is 79.9. The van der Waals surface area contributed by atoms with E-state index < -0.39 is 0 Å². The van der Waals surface area contributed by atoms with Crippen molar-refractivity contribution in [2.24, 2.45) is 5.41 Å². The van der Waals surface area contributed by atoms with Crippen LogP contribution in [0.15, 0.2) is 22.7 Å². The van der Waals surface area contributed by atoms with Gasteiger partial charge in [-0.2, -0.15) is 5.10 Å². The molecule has 5 nitrogen and oxygen atoms in total. The zero-order valence-corrected chi connectivity index (χ0v) is 13.9. The maximum absolute atomic E-state index is 12.8. The molecule has 2 aliphatic rings. The summed E-state index contributed by atoms with van der Waals surface area (Å²) in [7, 11) is 0. The molecule has 4 rings (SSSR count). The Kier molecular flexibility index (Phi) is 3.46. The molecule has 2 fully saturated rings. The van der Waals surface area contributed by atoms with Crippen LogP contribution in [-0.4, -0.2) is 47.2 Å². The van der Waals surface area contributed by atoms with Crippen molar-refractivity contribution in [1.29, 1.82) is 0 Å². The van der Waals surface area contributed by atoms with Gasteiger partial charge in [0.25, 0.3) is 5.91 Å². The third-order valence-electron chi connectivity index (χ3n) is 5.17. The lowest BCUT2D eigenvalue weighted by Gasteiger charge is -2.38. The van der Waals surface area contributed by atoms with Crippen molar-refractivity contribution in [2.75, 3.05) is 26.2 Å². The molecule has 2 N–H and O–H groups in total. The Morgan fingerprint density at radius 1 is 1.27 bits per heavy atom. The molecule has 1 aromatic heterocycles. The molecule has 2 saturated heterocycles. The number of hydrogen-bond donors (Lipinski definition) is 2. The van der Waals surface area contributed by atoms with E-state index in [9.17, 15) is 4.79 Å². The van der Waals surface area contributed by atoms with Crippen LogP contribution in [0.3, 0.4) is 0 Å². The summed E-state index contributed by atoms with van der Waals surface area (Å²) in [6.45, 7) is 3.89. The largest absolute Gasteiger partial charge is 0.337 e. The van der Waals surface area contributed by atoms with E-state index in [1.807, 2.05) is 23.1 Å². The number of hydrogen-bond acceptors (Lipinski definition) is 3. The van der Waals surface area contributed by atoms with Crippen LogP contribution in [0.1, 0.15) is 29.8 Å². The lowest BCUT2D eigenvalue weighted by Crippen LogP contribution is -2.44.